The number of ether oxygens (including phenoxy) is 1. The summed E-state index contributed by atoms with van der Waals surface area (Å²) in [5, 5.41) is 2.83. The summed E-state index contributed by atoms with van der Waals surface area (Å²) in [6, 6.07) is 7.92. The molecule has 1 heterocycles. The summed E-state index contributed by atoms with van der Waals surface area (Å²) in [7, 11) is 0. The van der Waals surface area contributed by atoms with E-state index < -0.39 is 0 Å². The molecule has 0 radical (unpaired) electrons. The summed E-state index contributed by atoms with van der Waals surface area (Å²) in [5.41, 5.74) is 1.27. The van der Waals surface area contributed by atoms with Crippen LogP contribution in [0.15, 0.2) is 42.9 Å². The first-order chi connectivity index (χ1) is 10.4. The van der Waals surface area contributed by atoms with Crippen LogP contribution < -0.4 is 10.1 Å². The molecule has 0 saturated heterocycles. The molecule has 2 aromatic rings. The molecule has 22 heavy (non-hydrogen) atoms. The molecule has 0 aliphatic heterocycles. The van der Waals surface area contributed by atoms with Gasteiger partial charge in [-0.1, -0.05) is 12.1 Å². The lowest BCUT2D eigenvalue weighted by atomic mass is 10.1. The SMILES string of the molecule is CC(C)(C)Oc1ccc(CCNC(=O)c2cnccn2)cc1. The lowest BCUT2D eigenvalue weighted by Gasteiger charge is -2.21. The number of carbonyl (C=O) groups excluding carboxylic acids is 1. The smallest absolute Gasteiger partial charge is 0.271 e. The van der Waals surface area contributed by atoms with E-state index in [0.717, 1.165) is 17.7 Å². The average Bonchev–Trinajstić information content (AvgIpc) is 2.48. The van der Waals surface area contributed by atoms with Gasteiger partial charge in [-0.3, -0.25) is 9.78 Å². The molecule has 0 saturated carbocycles. The molecule has 0 bridgehead atoms. The van der Waals surface area contributed by atoms with Crippen LogP contribution in [0.2, 0.25) is 0 Å². The van der Waals surface area contributed by atoms with Crippen molar-refractivity contribution in [2.45, 2.75) is 32.8 Å². The van der Waals surface area contributed by atoms with Gasteiger partial charge in [0.2, 0.25) is 0 Å². The molecule has 1 aromatic carbocycles. The van der Waals surface area contributed by atoms with Crippen LogP contribution in [0.3, 0.4) is 0 Å². The zero-order valence-electron chi connectivity index (χ0n) is 13.2. The molecule has 2 rings (SSSR count). The Morgan fingerprint density at radius 2 is 1.91 bits per heavy atom. The van der Waals surface area contributed by atoms with E-state index in [0.29, 0.717) is 12.2 Å². The van der Waals surface area contributed by atoms with Crippen LogP contribution in [0, 0.1) is 0 Å². The van der Waals surface area contributed by atoms with Crippen LogP contribution in [0.1, 0.15) is 36.8 Å². The van der Waals surface area contributed by atoms with E-state index in [1.54, 1.807) is 0 Å². The second-order valence-electron chi connectivity index (χ2n) is 5.95. The molecule has 5 heteroatoms. The first-order valence-electron chi connectivity index (χ1n) is 7.26. The van der Waals surface area contributed by atoms with Gasteiger partial charge < -0.3 is 10.1 Å². The monoisotopic (exact) mass is 299 g/mol. The third kappa shape index (κ3) is 5.16. The zero-order chi connectivity index (χ0) is 16.0. The van der Waals surface area contributed by atoms with Gasteiger partial charge in [-0.15, -0.1) is 0 Å². The second kappa shape index (κ2) is 7.02. The highest BCUT2D eigenvalue weighted by molar-refractivity contribution is 5.91. The second-order valence-corrected chi connectivity index (χ2v) is 5.95. The van der Waals surface area contributed by atoms with Gasteiger partial charge in [0.05, 0.1) is 6.20 Å². The third-order valence-electron chi connectivity index (χ3n) is 2.84. The highest BCUT2D eigenvalue weighted by atomic mass is 16.5. The van der Waals surface area contributed by atoms with Crippen molar-refractivity contribution < 1.29 is 9.53 Å². The Kier molecular flexibility index (Phi) is 5.09. The Bertz CT molecular complexity index is 604. The normalized spacial score (nSPS) is 11.0. The molecule has 0 aliphatic carbocycles. The van der Waals surface area contributed by atoms with Crippen molar-refractivity contribution in [2.75, 3.05) is 6.54 Å². The van der Waals surface area contributed by atoms with Crippen molar-refractivity contribution in [2.24, 2.45) is 0 Å². The summed E-state index contributed by atoms with van der Waals surface area (Å²) >= 11 is 0. The van der Waals surface area contributed by atoms with Gasteiger partial charge in [0.25, 0.3) is 5.91 Å². The summed E-state index contributed by atoms with van der Waals surface area (Å²) in [5.74, 6) is 0.639. The third-order valence-corrected chi connectivity index (χ3v) is 2.84. The Morgan fingerprint density at radius 1 is 1.18 bits per heavy atom. The number of nitrogens with one attached hydrogen (secondary N) is 1. The van der Waals surface area contributed by atoms with E-state index in [2.05, 4.69) is 15.3 Å². The summed E-state index contributed by atoms with van der Waals surface area (Å²) in [4.78, 5) is 19.6. The molecular formula is C17H21N3O2. The maximum atomic E-state index is 11.8. The molecule has 5 nitrogen and oxygen atoms in total. The summed E-state index contributed by atoms with van der Waals surface area (Å²) in [6.45, 7) is 6.60. The maximum absolute atomic E-state index is 11.8. The van der Waals surface area contributed by atoms with Crippen molar-refractivity contribution >= 4 is 5.91 Å². The molecule has 1 aromatic heterocycles. The van der Waals surface area contributed by atoms with Crippen LogP contribution in [0.5, 0.6) is 5.75 Å². The number of hydrogen-bond donors (Lipinski definition) is 1. The van der Waals surface area contributed by atoms with Gasteiger partial charge >= 0.3 is 0 Å². The fourth-order valence-corrected chi connectivity index (χ4v) is 1.90. The fraction of sp³-hybridized carbons (Fsp3) is 0.353. The molecule has 0 atom stereocenters. The van der Waals surface area contributed by atoms with Crippen molar-refractivity contribution in [3.05, 3.63) is 54.1 Å². The van der Waals surface area contributed by atoms with Gasteiger partial charge in [0, 0.05) is 18.9 Å². The topological polar surface area (TPSA) is 64.1 Å². The predicted molar refractivity (Wildman–Crippen MR) is 84.9 cm³/mol. The number of aromatic nitrogens is 2. The number of rotatable bonds is 5. The summed E-state index contributed by atoms with van der Waals surface area (Å²) < 4.78 is 5.77. The minimum atomic E-state index is -0.208. The van der Waals surface area contributed by atoms with Crippen LogP contribution in [-0.4, -0.2) is 28.0 Å². The van der Waals surface area contributed by atoms with E-state index in [1.165, 1.54) is 18.6 Å². The molecular weight excluding hydrogens is 278 g/mol. The van der Waals surface area contributed by atoms with Gasteiger partial charge in [-0.2, -0.15) is 0 Å². The highest BCUT2D eigenvalue weighted by Crippen LogP contribution is 2.18. The Hall–Kier alpha value is -2.43. The molecule has 116 valence electrons. The Morgan fingerprint density at radius 3 is 2.50 bits per heavy atom. The van der Waals surface area contributed by atoms with Crippen molar-refractivity contribution in [3.8, 4) is 5.75 Å². The molecule has 1 amide bonds. The number of hydrogen-bond acceptors (Lipinski definition) is 4. The van der Waals surface area contributed by atoms with Crippen molar-refractivity contribution in [1.82, 2.24) is 15.3 Å². The largest absolute Gasteiger partial charge is 0.488 e. The summed E-state index contributed by atoms with van der Waals surface area (Å²) in [6.07, 6.45) is 5.25. The highest BCUT2D eigenvalue weighted by Gasteiger charge is 2.11. The molecule has 0 aliphatic rings. The Balaban J connectivity index is 1.81. The quantitative estimate of drug-likeness (QED) is 0.922. The first kappa shape index (κ1) is 15.9. The number of amides is 1. The minimum absolute atomic E-state index is 0.202. The van der Waals surface area contributed by atoms with Gasteiger partial charge in [-0.05, 0) is 44.9 Å². The van der Waals surface area contributed by atoms with Crippen molar-refractivity contribution in [3.63, 3.8) is 0 Å². The van der Waals surface area contributed by atoms with E-state index in [-0.39, 0.29) is 11.5 Å². The average molecular weight is 299 g/mol. The van der Waals surface area contributed by atoms with Crippen LogP contribution in [0.4, 0.5) is 0 Å². The van der Waals surface area contributed by atoms with E-state index >= 15 is 0 Å². The molecule has 0 fully saturated rings. The standard InChI is InChI=1S/C17H21N3O2/c1-17(2,3)22-14-6-4-13(5-7-14)8-9-20-16(21)15-12-18-10-11-19-15/h4-7,10-12H,8-9H2,1-3H3,(H,20,21). The van der Waals surface area contributed by atoms with Crippen LogP contribution >= 0.6 is 0 Å². The molecule has 0 unspecified atom stereocenters. The van der Waals surface area contributed by atoms with Crippen molar-refractivity contribution in [1.29, 1.82) is 0 Å². The first-order valence-corrected chi connectivity index (χ1v) is 7.26. The molecule has 0 spiro atoms. The van der Waals surface area contributed by atoms with Crippen LogP contribution in [0.25, 0.3) is 0 Å². The lowest BCUT2D eigenvalue weighted by Crippen LogP contribution is -2.26. The lowest BCUT2D eigenvalue weighted by molar-refractivity contribution is 0.0948. The van der Waals surface area contributed by atoms with Gasteiger partial charge in [0.1, 0.15) is 17.0 Å². The Labute approximate surface area is 130 Å². The van der Waals surface area contributed by atoms with Gasteiger partial charge in [0.15, 0.2) is 0 Å². The van der Waals surface area contributed by atoms with Crippen LogP contribution in [-0.2, 0) is 6.42 Å². The minimum Gasteiger partial charge on any atom is -0.488 e. The molecule has 1 N–H and O–H groups in total. The van der Waals surface area contributed by atoms with E-state index in [4.69, 9.17) is 4.74 Å². The predicted octanol–water partition coefficient (Wildman–Crippen LogP) is 2.63. The van der Waals surface area contributed by atoms with E-state index in [9.17, 15) is 4.79 Å². The number of benzene rings is 1. The number of carbonyl (C=O) groups is 1. The van der Waals surface area contributed by atoms with Gasteiger partial charge in [-0.25, -0.2) is 4.98 Å². The van der Waals surface area contributed by atoms with E-state index in [1.807, 2.05) is 45.0 Å². The maximum Gasteiger partial charge on any atom is 0.271 e. The zero-order valence-corrected chi connectivity index (χ0v) is 13.2. The fourth-order valence-electron chi connectivity index (χ4n) is 1.90. The number of nitrogens with zero attached hydrogens (tertiary/aromatic N) is 2.